The van der Waals surface area contributed by atoms with E-state index in [1.165, 1.54) is 4.68 Å². The van der Waals surface area contributed by atoms with Crippen LogP contribution in [0.5, 0.6) is 0 Å². The Balaban J connectivity index is 2.46. The second kappa shape index (κ2) is 3.94. The third kappa shape index (κ3) is 1.83. The summed E-state index contributed by atoms with van der Waals surface area (Å²) in [6, 6.07) is 5.23. The maximum Gasteiger partial charge on any atom is 0.230 e. The number of hydrogen-bond acceptors (Lipinski definition) is 3. The average Bonchev–Trinajstić information content (AvgIpc) is 2.64. The van der Waals surface area contributed by atoms with E-state index in [1.54, 1.807) is 37.6 Å². The van der Waals surface area contributed by atoms with Crippen molar-refractivity contribution in [1.82, 2.24) is 14.8 Å². The Hall–Kier alpha value is -1.49. The molecule has 0 aromatic carbocycles. The Morgan fingerprint density at radius 1 is 1.40 bits per heavy atom. The third-order valence-electron chi connectivity index (χ3n) is 2.03. The summed E-state index contributed by atoms with van der Waals surface area (Å²) in [7, 11) is 1.73. The average molecular weight is 266 g/mol. The van der Waals surface area contributed by atoms with E-state index in [4.69, 9.17) is 0 Å². The molecule has 76 valence electrons. The smallest absolute Gasteiger partial charge is 0.230 e. The van der Waals surface area contributed by atoms with Crippen LogP contribution in [-0.4, -0.2) is 20.5 Å². The second-order valence-electron chi connectivity index (χ2n) is 3.00. The lowest BCUT2D eigenvalue weighted by Gasteiger charge is -2.02. The number of nitrogens with zero attached hydrogens (tertiary/aromatic N) is 3. The molecule has 0 aliphatic heterocycles. The van der Waals surface area contributed by atoms with Crippen molar-refractivity contribution in [3.63, 3.8) is 0 Å². The summed E-state index contributed by atoms with van der Waals surface area (Å²) in [5.74, 6) is -0.137. The molecule has 0 aliphatic rings. The van der Waals surface area contributed by atoms with Gasteiger partial charge in [-0.1, -0.05) is 0 Å². The minimum Gasteiger partial charge on any atom is -0.285 e. The van der Waals surface area contributed by atoms with Crippen LogP contribution in [0.4, 0.5) is 0 Å². The van der Waals surface area contributed by atoms with Crippen LogP contribution in [0.3, 0.4) is 0 Å². The maximum atomic E-state index is 12.0. The first-order valence-corrected chi connectivity index (χ1v) is 5.12. The van der Waals surface area contributed by atoms with Crippen molar-refractivity contribution in [2.75, 3.05) is 0 Å². The first kappa shape index (κ1) is 10.0. The van der Waals surface area contributed by atoms with Gasteiger partial charge in [0.15, 0.2) is 0 Å². The van der Waals surface area contributed by atoms with Gasteiger partial charge in [0.2, 0.25) is 5.78 Å². The van der Waals surface area contributed by atoms with Gasteiger partial charge in [-0.3, -0.25) is 14.5 Å². The zero-order chi connectivity index (χ0) is 10.8. The predicted molar refractivity (Wildman–Crippen MR) is 58.6 cm³/mol. The van der Waals surface area contributed by atoms with Crippen LogP contribution in [0.25, 0.3) is 0 Å². The van der Waals surface area contributed by atoms with E-state index in [0.29, 0.717) is 15.9 Å². The molecule has 0 N–H and O–H groups in total. The largest absolute Gasteiger partial charge is 0.285 e. The molecule has 0 radical (unpaired) electrons. The van der Waals surface area contributed by atoms with E-state index < -0.39 is 0 Å². The number of pyridine rings is 1. The number of carbonyl (C=O) groups is 1. The molecule has 0 atom stereocenters. The quantitative estimate of drug-likeness (QED) is 0.779. The number of aromatic nitrogens is 3. The molecule has 2 aromatic heterocycles. The molecule has 2 rings (SSSR count). The van der Waals surface area contributed by atoms with Gasteiger partial charge in [0.25, 0.3) is 0 Å². The number of carbonyl (C=O) groups excluding carboxylic acids is 1. The molecule has 5 heteroatoms. The first-order chi connectivity index (χ1) is 7.20. The SMILES string of the molecule is Cn1nccc1C(=O)c1ncccc1Br. The van der Waals surface area contributed by atoms with Gasteiger partial charge in [-0.2, -0.15) is 5.10 Å². The summed E-state index contributed by atoms with van der Waals surface area (Å²) < 4.78 is 2.22. The minimum absolute atomic E-state index is 0.137. The number of aryl methyl sites for hydroxylation is 1. The van der Waals surface area contributed by atoms with Crippen LogP contribution >= 0.6 is 15.9 Å². The van der Waals surface area contributed by atoms with Crippen molar-refractivity contribution >= 4 is 21.7 Å². The predicted octanol–water partition coefficient (Wildman–Crippen LogP) is 1.81. The van der Waals surface area contributed by atoms with Crippen LogP contribution in [0.2, 0.25) is 0 Å². The van der Waals surface area contributed by atoms with E-state index in [9.17, 15) is 4.79 Å². The van der Waals surface area contributed by atoms with Crippen molar-refractivity contribution in [3.8, 4) is 0 Å². The lowest BCUT2D eigenvalue weighted by Crippen LogP contribution is -2.10. The van der Waals surface area contributed by atoms with Gasteiger partial charge in [0.1, 0.15) is 11.4 Å². The van der Waals surface area contributed by atoms with Gasteiger partial charge in [-0.25, -0.2) is 0 Å². The Morgan fingerprint density at radius 2 is 2.20 bits per heavy atom. The fraction of sp³-hybridized carbons (Fsp3) is 0.100. The summed E-state index contributed by atoms with van der Waals surface area (Å²) in [5, 5.41) is 3.95. The third-order valence-corrected chi connectivity index (χ3v) is 2.67. The Labute approximate surface area is 95.1 Å². The summed E-state index contributed by atoms with van der Waals surface area (Å²) in [6.45, 7) is 0. The molecular weight excluding hydrogens is 258 g/mol. The van der Waals surface area contributed by atoms with E-state index >= 15 is 0 Å². The molecule has 0 fully saturated rings. The van der Waals surface area contributed by atoms with Crippen molar-refractivity contribution in [3.05, 3.63) is 46.5 Å². The molecule has 0 bridgehead atoms. The zero-order valence-corrected chi connectivity index (χ0v) is 9.60. The molecule has 0 spiro atoms. The molecule has 0 aliphatic carbocycles. The second-order valence-corrected chi connectivity index (χ2v) is 3.86. The standard InChI is InChI=1S/C10H8BrN3O/c1-14-8(4-6-13-14)10(15)9-7(11)3-2-5-12-9/h2-6H,1H3. The van der Waals surface area contributed by atoms with Gasteiger partial charge in [0, 0.05) is 23.9 Å². The van der Waals surface area contributed by atoms with Crippen LogP contribution in [0, 0.1) is 0 Å². The molecule has 0 saturated carbocycles. The van der Waals surface area contributed by atoms with Gasteiger partial charge in [-0.05, 0) is 34.1 Å². The minimum atomic E-state index is -0.137. The molecule has 0 unspecified atom stereocenters. The van der Waals surface area contributed by atoms with Crippen molar-refractivity contribution in [2.24, 2.45) is 7.05 Å². The van der Waals surface area contributed by atoms with Gasteiger partial charge in [-0.15, -0.1) is 0 Å². The van der Waals surface area contributed by atoms with E-state index in [-0.39, 0.29) is 5.78 Å². The van der Waals surface area contributed by atoms with Gasteiger partial charge >= 0.3 is 0 Å². The molecular formula is C10H8BrN3O. The van der Waals surface area contributed by atoms with Gasteiger partial charge in [0.05, 0.1) is 0 Å². The lowest BCUT2D eigenvalue weighted by atomic mass is 10.2. The van der Waals surface area contributed by atoms with E-state index in [0.717, 1.165) is 0 Å². The Kier molecular flexibility index (Phi) is 2.64. The summed E-state index contributed by atoms with van der Waals surface area (Å²) in [5.41, 5.74) is 0.926. The highest BCUT2D eigenvalue weighted by molar-refractivity contribution is 9.10. The van der Waals surface area contributed by atoms with Crippen molar-refractivity contribution < 1.29 is 4.79 Å². The highest BCUT2D eigenvalue weighted by Crippen LogP contribution is 2.16. The Bertz CT molecular complexity index is 507. The number of halogens is 1. The number of rotatable bonds is 2. The van der Waals surface area contributed by atoms with Crippen molar-refractivity contribution in [2.45, 2.75) is 0 Å². The van der Waals surface area contributed by atoms with Crippen LogP contribution in [-0.2, 0) is 7.05 Å². The molecule has 2 heterocycles. The topological polar surface area (TPSA) is 47.8 Å². The van der Waals surface area contributed by atoms with Crippen LogP contribution in [0.1, 0.15) is 16.2 Å². The van der Waals surface area contributed by atoms with E-state index in [1.807, 2.05) is 0 Å². The molecule has 2 aromatic rings. The first-order valence-electron chi connectivity index (χ1n) is 4.33. The monoisotopic (exact) mass is 265 g/mol. The fourth-order valence-electron chi connectivity index (χ4n) is 1.27. The fourth-order valence-corrected chi connectivity index (χ4v) is 1.71. The van der Waals surface area contributed by atoms with Gasteiger partial charge < -0.3 is 0 Å². The summed E-state index contributed by atoms with van der Waals surface area (Å²) in [6.07, 6.45) is 3.18. The molecule has 4 nitrogen and oxygen atoms in total. The van der Waals surface area contributed by atoms with Crippen molar-refractivity contribution in [1.29, 1.82) is 0 Å². The maximum absolute atomic E-state index is 12.0. The summed E-state index contributed by atoms with van der Waals surface area (Å²) in [4.78, 5) is 16.0. The highest BCUT2D eigenvalue weighted by Gasteiger charge is 2.16. The number of hydrogen-bond donors (Lipinski definition) is 0. The Morgan fingerprint density at radius 3 is 2.80 bits per heavy atom. The van der Waals surface area contributed by atoms with E-state index in [2.05, 4.69) is 26.0 Å². The van der Waals surface area contributed by atoms with Crippen LogP contribution in [0.15, 0.2) is 35.1 Å². The lowest BCUT2D eigenvalue weighted by molar-refractivity contribution is 0.102. The highest BCUT2D eigenvalue weighted by atomic mass is 79.9. The molecule has 0 amide bonds. The molecule has 15 heavy (non-hydrogen) atoms. The number of ketones is 1. The zero-order valence-electron chi connectivity index (χ0n) is 8.01. The summed E-state index contributed by atoms with van der Waals surface area (Å²) >= 11 is 3.29. The normalized spacial score (nSPS) is 10.3. The molecule has 0 saturated heterocycles. The van der Waals surface area contributed by atoms with Crippen LogP contribution < -0.4 is 0 Å².